The van der Waals surface area contributed by atoms with Crippen LogP contribution in [0, 0.1) is 6.92 Å². The van der Waals surface area contributed by atoms with Crippen molar-refractivity contribution in [2.24, 2.45) is 0 Å². The first-order valence-electron chi connectivity index (χ1n) is 4.80. The van der Waals surface area contributed by atoms with Crippen molar-refractivity contribution < 1.29 is 17.5 Å². The lowest BCUT2D eigenvalue weighted by Crippen LogP contribution is -2.04. The molecule has 17 heavy (non-hydrogen) atoms. The maximum atomic E-state index is 12.0. The highest BCUT2D eigenvalue weighted by Gasteiger charge is 2.19. The Kier molecular flexibility index (Phi) is 5.22. The lowest BCUT2D eigenvalue weighted by molar-refractivity contribution is 0.281. The van der Waals surface area contributed by atoms with Crippen LogP contribution < -0.4 is 4.74 Å². The molecule has 0 amide bonds. The van der Waals surface area contributed by atoms with Gasteiger partial charge in [-0.3, -0.25) is 4.39 Å². The summed E-state index contributed by atoms with van der Waals surface area (Å²) in [6, 6.07) is 3.07. The summed E-state index contributed by atoms with van der Waals surface area (Å²) < 4.78 is 40.6. The zero-order valence-electron chi connectivity index (χ0n) is 9.04. The first kappa shape index (κ1) is 14.7. The summed E-state index contributed by atoms with van der Waals surface area (Å²) in [6.07, 6.45) is 0.206. The minimum absolute atomic E-state index is 0.107. The summed E-state index contributed by atoms with van der Waals surface area (Å²) in [7, 11) is 1.43. The van der Waals surface area contributed by atoms with Crippen molar-refractivity contribution in [1.29, 1.82) is 0 Å². The molecule has 1 rings (SSSR count). The van der Waals surface area contributed by atoms with Gasteiger partial charge < -0.3 is 4.74 Å². The maximum Gasteiger partial charge on any atom is 0.265 e. The minimum atomic E-state index is -3.89. The molecule has 0 radical (unpaired) electrons. The monoisotopic (exact) mass is 344 g/mol. The maximum absolute atomic E-state index is 12.0. The van der Waals surface area contributed by atoms with E-state index >= 15 is 0 Å². The molecule has 7 heteroatoms. The van der Waals surface area contributed by atoms with Gasteiger partial charge in [0.15, 0.2) is 0 Å². The standard InChI is InChI=1S/C10H11BrClFO3S/c1-7-5-8(11)6-9(17(12,14)15)10(7)16-4-2-3-13/h5-6H,2-4H2,1H3. The van der Waals surface area contributed by atoms with Crippen LogP contribution in [0.4, 0.5) is 4.39 Å². The van der Waals surface area contributed by atoms with E-state index in [4.69, 9.17) is 15.4 Å². The molecule has 0 aromatic heterocycles. The van der Waals surface area contributed by atoms with Gasteiger partial charge in [-0.1, -0.05) is 15.9 Å². The zero-order valence-corrected chi connectivity index (χ0v) is 12.2. The molecule has 0 spiro atoms. The van der Waals surface area contributed by atoms with Crippen LogP contribution >= 0.6 is 26.6 Å². The lowest BCUT2D eigenvalue weighted by atomic mass is 10.2. The van der Waals surface area contributed by atoms with Gasteiger partial charge in [0.1, 0.15) is 10.6 Å². The van der Waals surface area contributed by atoms with Gasteiger partial charge in [0, 0.05) is 21.6 Å². The predicted molar refractivity (Wildman–Crippen MR) is 68.0 cm³/mol. The Hall–Kier alpha value is -0.330. The van der Waals surface area contributed by atoms with Gasteiger partial charge in [-0.25, -0.2) is 8.42 Å². The Morgan fingerprint density at radius 1 is 1.47 bits per heavy atom. The van der Waals surface area contributed by atoms with Crippen LogP contribution in [0.3, 0.4) is 0 Å². The van der Waals surface area contributed by atoms with Crippen LogP contribution in [0.25, 0.3) is 0 Å². The van der Waals surface area contributed by atoms with Crippen molar-refractivity contribution in [3.63, 3.8) is 0 Å². The van der Waals surface area contributed by atoms with Gasteiger partial charge in [-0.15, -0.1) is 0 Å². The minimum Gasteiger partial charge on any atom is -0.492 e. The number of alkyl halides is 1. The van der Waals surface area contributed by atoms with Crippen molar-refractivity contribution >= 4 is 35.7 Å². The number of hydrogen-bond acceptors (Lipinski definition) is 3. The van der Waals surface area contributed by atoms with Crippen molar-refractivity contribution in [2.45, 2.75) is 18.2 Å². The van der Waals surface area contributed by atoms with E-state index in [2.05, 4.69) is 15.9 Å². The molecule has 0 fully saturated rings. The van der Waals surface area contributed by atoms with E-state index < -0.39 is 15.7 Å². The quantitative estimate of drug-likeness (QED) is 0.606. The normalized spacial score (nSPS) is 11.5. The summed E-state index contributed by atoms with van der Waals surface area (Å²) in [5.41, 5.74) is 0.623. The molecule has 96 valence electrons. The van der Waals surface area contributed by atoms with Crippen LogP contribution in [0.1, 0.15) is 12.0 Å². The third-order valence-corrected chi connectivity index (χ3v) is 3.78. The van der Waals surface area contributed by atoms with Gasteiger partial charge in [0.05, 0.1) is 13.3 Å². The SMILES string of the molecule is Cc1cc(Br)cc(S(=O)(=O)Cl)c1OCCCF. The molecule has 0 saturated heterocycles. The fourth-order valence-corrected chi connectivity index (χ4v) is 3.07. The smallest absolute Gasteiger partial charge is 0.265 e. The van der Waals surface area contributed by atoms with Crippen molar-refractivity contribution in [3.8, 4) is 5.75 Å². The third kappa shape index (κ3) is 4.12. The molecule has 0 saturated carbocycles. The topological polar surface area (TPSA) is 43.4 Å². The molecule has 1 aromatic rings. The molecule has 0 N–H and O–H groups in total. The predicted octanol–water partition coefficient (Wildman–Crippen LogP) is 3.42. The van der Waals surface area contributed by atoms with Crippen molar-refractivity contribution in [1.82, 2.24) is 0 Å². The van der Waals surface area contributed by atoms with E-state index in [0.29, 0.717) is 10.0 Å². The van der Waals surface area contributed by atoms with E-state index in [-0.39, 0.29) is 23.7 Å². The van der Waals surface area contributed by atoms with Gasteiger partial charge in [-0.2, -0.15) is 0 Å². The van der Waals surface area contributed by atoms with Crippen LogP contribution in [-0.2, 0) is 9.05 Å². The van der Waals surface area contributed by atoms with Crippen LogP contribution in [0.5, 0.6) is 5.75 Å². The zero-order chi connectivity index (χ0) is 13.1. The summed E-state index contributed by atoms with van der Waals surface area (Å²) in [4.78, 5) is -0.107. The number of halogens is 3. The Morgan fingerprint density at radius 3 is 2.65 bits per heavy atom. The molecule has 0 aliphatic rings. The average Bonchev–Trinajstić information content (AvgIpc) is 2.19. The Morgan fingerprint density at radius 2 is 2.12 bits per heavy atom. The number of aryl methyl sites for hydroxylation is 1. The largest absolute Gasteiger partial charge is 0.492 e. The van der Waals surface area contributed by atoms with Gasteiger partial charge in [0.25, 0.3) is 9.05 Å². The second kappa shape index (κ2) is 6.02. The van der Waals surface area contributed by atoms with Gasteiger partial charge >= 0.3 is 0 Å². The van der Waals surface area contributed by atoms with Gasteiger partial charge in [-0.05, 0) is 24.6 Å². The highest BCUT2D eigenvalue weighted by atomic mass is 79.9. The first-order chi connectivity index (χ1) is 7.86. The van der Waals surface area contributed by atoms with E-state index in [9.17, 15) is 12.8 Å². The molecule has 0 heterocycles. The Labute approximate surface area is 112 Å². The van der Waals surface area contributed by atoms with Crippen LogP contribution in [0.15, 0.2) is 21.5 Å². The second-order valence-corrected chi connectivity index (χ2v) is 6.83. The van der Waals surface area contributed by atoms with E-state index in [0.717, 1.165) is 0 Å². The molecular weight excluding hydrogens is 335 g/mol. The second-order valence-electron chi connectivity index (χ2n) is 3.38. The Balaban J connectivity index is 3.17. The number of ether oxygens (including phenoxy) is 1. The fourth-order valence-electron chi connectivity index (χ4n) is 1.29. The molecule has 0 aliphatic heterocycles. The van der Waals surface area contributed by atoms with E-state index in [1.165, 1.54) is 6.07 Å². The summed E-state index contributed by atoms with van der Waals surface area (Å²) >= 11 is 3.18. The molecule has 0 atom stereocenters. The number of benzene rings is 1. The molecular formula is C10H11BrClFO3S. The van der Waals surface area contributed by atoms with Crippen molar-refractivity contribution in [3.05, 3.63) is 22.2 Å². The molecule has 1 aromatic carbocycles. The van der Waals surface area contributed by atoms with Crippen LogP contribution in [-0.4, -0.2) is 21.7 Å². The number of hydrogen-bond donors (Lipinski definition) is 0. The van der Waals surface area contributed by atoms with E-state index in [1.54, 1.807) is 13.0 Å². The number of rotatable bonds is 5. The molecule has 0 aliphatic carbocycles. The Bertz CT molecular complexity index is 505. The molecule has 0 bridgehead atoms. The third-order valence-electron chi connectivity index (χ3n) is 1.99. The lowest BCUT2D eigenvalue weighted by Gasteiger charge is -2.12. The molecule has 3 nitrogen and oxygen atoms in total. The average molecular weight is 346 g/mol. The summed E-state index contributed by atoms with van der Waals surface area (Å²) in [5.74, 6) is 0.177. The fraction of sp³-hybridized carbons (Fsp3) is 0.400. The van der Waals surface area contributed by atoms with Crippen molar-refractivity contribution in [2.75, 3.05) is 13.3 Å². The summed E-state index contributed by atoms with van der Waals surface area (Å²) in [5, 5.41) is 0. The highest BCUT2D eigenvalue weighted by molar-refractivity contribution is 9.10. The first-order valence-corrected chi connectivity index (χ1v) is 7.90. The molecule has 0 unspecified atom stereocenters. The van der Waals surface area contributed by atoms with Gasteiger partial charge in [0.2, 0.25) is 0 Å². The van der Waals surface area contributed by atoms with E-state index in [1.807, 2.05) is 0 Å². The highest BCUT2D eigenvalue weighted by Crippen LogP contribution is 2.33. The summed E-state index contributed by atoms with van der Waals surface area (Å²) in [6.45, 7) is 1.29. The van der Waals surface area contributed by atoms with Crippen LogP contribution in [0.2, 0.25) is 0 Å².